The zero-order valence-corrected chi connectivity index (χ0v) is 48.5. The third kappa shape index (κ3) is 15.5. The molecule has 1 aromatic rings. The predicted molar refractivity (Wildman–Crippen MR) is 284 cm³/mol. The maximum Gasteiger partial charge on any atom is 0.326 e. The Morgan fingerprint density at radius 1 is 0.337 bits per heavy atom. The molecule has 22 rings (SSSR count). The van der Waals surface area contributed by atoms with Gasteiger partial charge < -0.3 is 184 Å². The molecule has 0 saturated carbocycles. The van der Waals surface area contributed by atoms with E-state index in [2.05, 4.69) is 10.6 Å². The van der Waals surface area contributed by atoms with E-state index in [0.29, 0.717) is 5.56 Å². The van der Waals surface area contributed by atoms with Crippen molar-refractivity contribution in [2.24, 2.45) is 0 Å². The summed E-state index contributed by atoms with van der Waals surface area (Å²) in [5.74, 6) is -2.28. The van der Waals surface area contributed by atoms with Gasteiger partial charge in [0.2, 0.25) is 5.91 Å². The molecule has 21 aliphatic rings. The van der Waals surface area contributed by atoms with Crippen LogP contribution in [-0.2, 0) is 82.3 Å². The molecule has 0 radical (unpaired) electrons. The van der Waals surface area contributed by atoms with Crippen molar-refractivity contribution >= 4 is 11.9 Å². The van der Waals surface area contributed by atoms with Gasteiger partial charge in [0.1, 0.15) is 177 Å². The van der Waals surface area contributed by atoms with Gasteiger partial charge in [-0.15, -0.1) is 0 Å². The van der Waals surface area contributed by atoms with Gasteiger partial charge in [-0.25, -0.2) is 4.79 Å². The van der Waals surface area contributed by atoms with E-state index in [0.717, 1.165) is 0 Å². The number of nitrogens with one attached hydrogen (secondary N) is 2. The Labute approximate surface area is 520 Å². The third-order valence-corrected chi connectivity index (χ3v) is 17.2. The first kappa shape index (κ1) is 73.0. The summed E-state index contributed by atoms with van der Waals surface area (Å²) in [4.78, 5) is 25.4. The Bertz CT molecular complexity index is 2460. The third-order valence-electron chi connectivity index (χ3n) is 17.2. The van der Waals surface area contributed by atoms with Gasteiger partial charge in [0.05, 0.1) is 46.2 Å². The molecule has 0 aliphatic carbocycles. The Morgan fingerprint density at radius 2 is 0.565 bits per heavy atom. The lowest BCUT2D eigenvalue weighted by molar-refractivity contribution is -0.396. The summed E-state index contributed by atoms with van der Waals surface area (Å²) < 4.78 is 81.0. The molecule has 526 valence electrons. The Morgan fingerprint density at radius 3 is 0.793 bits per heavy atom. The minimum Gasteiger partial charge on any atom is -0.480 e. The molecule has 39 nitrogen and oxygen atoms in total. The van der Waals surface area contributed by atoms with Crippen LogP contribution < -0.4 is 10.6 Å². The molecule has 36 atom stereocenters. The van der Waals surface area contributed by atoms with Crippen molar-refractivity contribution in [2.75, 3.05) is 52.7 Å². The Balaban J connectivity index is 1.000. The number of hydrogen-bond acceptors (Lipinski definition) is 37. The molecule has 23 N–H and O–H groups in total. The highest BCUT2D eigenvalue weighted by molar-refractivity contribution is 5.84. The van der Waals surface area contributed by atoms with Crippen molar-refractivity contribution in [1.29, 1.82) is 0 Å². The fraction of sp³-hybridized carbons (Fsp3) is 0.849. The Kier molecular flexibility index (Phi) is 25.4. The number of hydrogen-bond donors (Lipinski definition) is 23. The lowest BCUT2D eigenvalue weighted by Gasteiger charge is -2.50. The highest BCUT2D eigenvalue weighted by Crippen LogP contribution is 2.39. The molecule has 21 fully saturated rings. The summed E-state index contributed by atoms with van der Waals surface area (Å²) in [6, 6.07) is 6.84. The van der Waals surface area contributed by atoms with Gasteiger partial charge in [-0.3, -0.25) is 4.79 Å². The number of amides is 1. The molecular weight excluding hydrogens is 1260 g/mol. The predicted octanol–water partition coefficient (Wildman–Crippen LogP) is -14.8. The van der Waals surface area contributed by atoms with Gasteiger partial charge in [-0.05, 0) is 5.56 Å². The van der Waals surface area contributed by atoms with Crippen molar-refractivity contribution in [3.05, 3.63) is 35.9 Å². The smallest absolute Gasteiger partial charge is 0.326 e. The highest BCUT2D eigenvalue weighted by atomic mass is 16.8. The number of ether oxygens (including phenoxy) is 14. The molecule has 21 saturated heterocycles. The molecule has 0 aromatic heterocycles. The molecular formula is C53H82N2O37. The molecule has 21 heterocycles. The molecule has 92 heavy (non-hydrogen) atoms. The summed E-state index contributed by atoms with van der Waals surface area (Å²) in [6.45, 7) is -7.82. The van der Waals surface area contributed by atoms with Gasteiger partial charge in [-0.1, -0.05) is 30.3 Å². The summed E-state index contributed by atoms with van der Waals surface area (Å²) in [6.07, 6.45) is -72.3. The quantitative estimate of drug-likeness (QED) is 0.0822. The Hall–Kier alpha value is -3.24. The average Bonchev–Trinajstić information content (AvgIpc) is 0.797. The van der Waals surface area contributed by atoms with Crippen molar-refractivity contribution in [2.45, 2.75) is 227 Å². The number of carbonyl (C=O) groups is 2. The molecule has 21 aliphatic heterocycles. The van der Waals surface area contributed by atoms with Crippen LogP contribution >= 0.6 is 0 Å². The van der Waals surface area contributed by atoms with E-state index >= 15 is 0 Å². The van der Waals surface area contributed by atoms with Crippen LogP contribution in [0.5, 0.6) is 0 Å². The zero-order chi connectivity index (χ0) is 66.7. The van der Waals surface area contributed by atoms with Crippen LogP contribution in [0, 0.1) is 0 Å². The van der Waals surface area contributed by atoms with Crippen LogP contribution in [0.15, 0.2) is 30.3 Å². The highest BCUT2D eigenvalue weighted by Gasteiger charge is 2.59. The second kappa shape index (κ2) is 32.0. The maximum absolute atomic E-state index is 13.3. The number of rotatable bonds is 14. The van der Waals surface area contributed by atoms with E-state index in [9.17, 15) is 117 Å². The molecule has 0 spiro atoms. The van der Waals surface area contributed by atoms with E-state index in [4.69, 9.17) is 66.3 Å². The maximum atomic E-state index is 13.3. The van der Waals surface area contributed by atoms with Crippen LogP contribution in [-0.4, -0.2) is 393 Å². The summed E-state index contributed by atoms with van der Waals surface area (Å²) >= 11 is 0. The largest absolute Gasteiger partial charge is 0.480 e. The molecule has 14 bridgehead atoms. The first-order valence-corrected chi connectivity index (χ1v) is 29.5. The van der Waals surface area contributed by atoms with Crippen LogP contribution in [0.3, 0.4) is 0 Å². The van der Waals surface area contributed by atoms with Crippen molar-refractivity contribution < 1.29 is 183 Å². The molecule has 0 unspecified atom stereocenters. The molecule has 1 aromatic carbocycles. The van der Waals surface area contributed by atoms with Crippen molar-refractivity contribution in [3.63, 3.8) is 0 Å². The first-order valence-electron chi connectivity index (χ1n) is 29.5. The number of carbonyl (C=O) groups excluding carboxylic acids is 1. The second-order valence-corrected chi connectivity index (χ2v) is 23.2. The van der Waals surface area contributed by atoms with Gasteiger partial charge in [0.15, 0.2) is 44.0 Å². The van der Waals surface area contributed by atoms with Gasteiger partial charge in [0.25, 0.3) is 0 Å². The van der Waals surface area contributed by atoms with Crippen LogP contribution in [0.25, 0.3) is 0 Å². The summed E-state index contributed by atoms with van der Waals surface area (Å²) in [7, 11) is 0. The molecule has 39 heteroatoms. The first-order chi connectivity index (χ1) is 43.9. The van der Waals surface area contributed by atoms with Crippen molar-refractivity contribution in [3.8, 4) is 0 Å². The fourth-order valence-corrected chi connectivity index (χ4v) is 12.1. The topological polar surface area (TPSA) is 612 Å². The lowest BCUT2D eigenvalue weighted by Crippen LogP contribution is -2.68. The number of aliphatic hydroxyl groups is 20. The van der Waals surface area contributed by atoms with Crippen LogP contribution in [0.2, 0.25) is 0 Å². The number of carboxylic acids is 1. The zero-order valence-electron chi connectivity index (χ0n) is 48.5. The summed E-state index contributed by atoms with van der Waals surface area (Å²) in [5, 5.41) is 239. The van der Waals surface area contributed by atoms with Crippen LogP contribution in [0.4, 0.5) is 0 Å². The van der Waals surface area contributed by atoms with Gasteiger partial charge in [-0.2, -0.15) is 0 Å². The van der Waals surface area contributed by atoms with E-state index in [1.165, 1.54) is 0 Å². The fourth-order valence-electron chi connectivity index (χ4n) is 12.1. The van der Waals surface area contributed by atoms with Gasteiger partial charge >= 0.3 is 5.97 Å². The average molecular weight is 1340 g/mol. The van der Waals surface area contributed by atoms with Crippen LogP contribution in [0.1, 0.15) is 5.56 Å². The lowest BCUT2D eigenvalue weighted by atomic mass is 9.95. The standard InChI is InChI=1S/C53H82N2O37/c56-9-18-40-27(65)34(72)49(81-18)89-42-20(11-58)83-51(36(74)29(42)67)91-44-22(13-60)85-53(38(76)31(44)69)92-45-23(14-61)84-52(37(75)30(45)68)90-43-21(12-59)82-50(35(73)28(43)66)88-41-19(10-57)80-48(33(71)26(41)64)86-39-17(79-47(87-40)32(70)25(39)63)7-54-8-24(62)55-16(46(77)78)6-15-4-2-1-3-5-15/h1-5,16-23,25-45,47-54,56-61,63-76H,6-14H2,(H,55,62)(H,77,78)/t16-,17+,18+,19+,20+,21+,22+,23+,25+,26+,27+,28+,29+,30+,31+,32+,33+,34+,35+,36+,37+,38+,39+,40+,41+,42+,43+,44+,45+,47+,48+,49+,50+,51+,52+,53+/m0/s1. The number of aliphatic hydroxyl groups excluding tert-OH is 20. The second-order valence-electron chi connectivity index (χ2n) is 23.2. The number of benzene rings is 1. The SMILES string of the molecule is O=C(CNC[C@H]1O[C@@H]2O[C@H]3[C@H](O)[C@@H](O)[C@@H](O[C@H]4[C@H](O)[C@@H](O)[C@@H](O[C@H]5[C@H](O)[C@@H](O)[C@@H](O[C@H]6[C@H](O)[C@@H](O)[C@@H](O[C@H]7[C@H](O)[C@@H](O)[C@@H](O[C@H]8[C@H](O)[C@@H](O)[C@@H](O[C@H]1[C@H](O)[C@H]2O)O[C@@H]8CO)O[C@@H]7CO)O[C@@H]6CO)O[C@@H]5CO)O[C@@H]4CO)O[C@@H]3CO)N[C@@H](Cc1ccccc1)C(=O)O. The number of carboxylic acid groups (broad SMARTS) is 1. The van der Waals surface area contributed by atoms with E-state index in [-0.39, 0.29) is 6.42 Å². The minimum atomic E-state index is -2.30. The van der Waals surface area contributed by atoms with E-state index in [1.54, 1.807) is 30.3 Å². The summed E-state index contributed by atoms with van der Waals surface area (Å²) in [5.41, 5.74) is 0.561. The minimum absolute atomic E-state index is 0.133. The van der Waals surface area contributed by atoms with E-state index in [1.807, 2.05) is 0 Å². The van der Waals surface area contributed by atoms with E-state index < -0.39 is 286 Å². The van der Waals surface area contributed by atoms with Gasteiger partial charge in [0, 0.05) is 13.0 Å². The van der Waals surface area contributed by atoms with Crippen molar-refractivity contribution in [1.82, 2.24) is 10.6 Å². The normalized spacial score (nSPS) is 48.5. The molecule has 1 amide bonds. The number of aliphatic carboxylic acids is 1. The monoisotopic (exact) mass is 1340 g/mol.